The van der Waals surface area contributed by atoms with Crippen molar-refractivity contribution < 1.29 is 23.5 Å². The van der Waals surface area contributed by atoms with Gasteiger partial charge < -0.3 is 9.47 Å². The molecule has 1 aliphatic rings. The van der Waals surface area contributed by atoms with Crippen LogP contribution in [0.1, 0.15) is 18.4 Å². The van der Waals surface area contributed by atoms with Crippen LogP contribution in [0.25, 0.3) is 0 Å². The average molecular weight is 344 g/mol. The molecular formula is C16H19ClFNO4. The Hall–Kier alpha value is -1.66. The van der Waals surface area contributed by atoms with Crippen LogP contribution >= 0.6 is 11.6 Å². The highest BCUT2D eigenvalue weighted by Gasteiger charge is 2.37. The van der Waals surface area contributed by atoms with E-state index in [0.717, 1.165) is 0 Å². The number of hydrogen-bond acceptors (Lipinski definition) is 5. The number of carbonyl (C=O) groups is 2. The van der Waals surface area contributed by atoms with Crippen molar-refractivity contribution in [1.29, 1.82) is 0 Å². The van der Waals surface area contributed by atoms with E-state index in [2.05, 4.69) is 0 Å². The third-order valence-corrected chi connectivity index (χ3v) is 4.34. The monoisotopic (exact) mass is 343 g/mol. The van der Waals surface area contributed by atoms with Crippen molar-refractivity contribution in [2.75, 3.05) is 20.8 Å². The number of methoxy groups -OCH3 is 2. The Morgan fingerprint density at radius 3 is 2.61 bits per heavy atom. The van der Waals surface area contributed by atoms with Crippen LogP contribution in [0.15, 0.2) is 18.2 Å². The number of hydrogen-bond donors (Lipinski definition) is 0. The molecule has 0 saturated carbocycles. The maximum absolute atomic E-state index is 14.0. The lowest BCUT2D eigenvalue weighted by Crippen LogP contribution is -2.48. The van der Waals surface area contributed by atoms with Crippen LogP contribution in [-0.4, -0.2) is 43.6 Å². The number of likely N-dealkylation sites (tertiary alicyclic amines) is 1. The molecule has 5 nitrogen and oxygen atoms in total. The highest BCUT2D eigenvalue weighted by Crippen LogP contribution is 2.27. The van der Waals surface area contributed by atoms with Crippen molar-refractivity contribution in [1.82, 2.24) is 4.90 Å². The number of esters is 2. The van der Waals surface area contributed by atoms with Gasteiger partial charge in [-0.1, -0.05) is 17.7 Å². The Kier molecular flexibility index (Phi) is 5.96. The Morgan fingerprint density at radius 2 is 2.00 bits per heavy atom. The van der Waals surface area contributed by atoms with Gasteiger partial charge in [-0.2, -0.15) is 0 Å². The second kappa shape index (κ2) is 7.75. The zero-order valence-electron chi connectivity index (χ0n) is 13.1. The predicted octanol–water partition coefficient (Wildman–Crippen LogP) is 2.41. The van der Waals surface area contributed by atoms with Crippen molar-refractivity contribution in [3.63, 3.8) is 0 Å². The zero-order chi connectivity index (χ0) is 17.0. The zero-order valence-corrected chi connectivity index (χ0v) is 13.8. The molecule has 0 amide bonds. The van der Waals surface area contributed by atoms with E-state index in [-0.39, 0.29) is 18.4 Å². The first kappa shape index (κ1) is 17.7. The molecule has 7 heteroatoms. The molecule has 1 heterocycles. The minimum atomic E-state index is -0.604. The van der Waals surface area contributed by atoms with Crippen molar-refractivity contribution >= 4 is 23.5 Å². The molecule has 1 saturated heterocycles. The van der Waals surface area contributed by atoms with Crippen LogP contribution in [0.5, 0.6) is 0 Å². The maximum atomic E-state index is 14.0. The first-order valence-electron chi connectivity index (χ1n) is 7.30. The molecule has 0 N–H and O–H groups in total. The van der Waals surface area contributed by atoms with Crippen molar-refractivity contribution in [3.05, 3.63) is 34.6 Å². The number of benzene rings is 1. The molecule has 0 bridgehead atoms. The summed E-state index contributed by atoms with van der Waals surface area (Å²) in [6, 6.07) is 3.84. The summed E-state index contributed by atoms with van der Waals surface area (Å²) < 4.78 is 23.5. The SMILES string of the molecule is COC(=O)[C@H]1CCN(Cc2ccc(Cl)cc2F)[C@H](C(=O)OC)C1. The molecule has 0 spiro atoms. The van der Waals surface area contributed by atoms with Gasteiger partial charge in [0.05, 0.1) is 20.1 Å². The molecule has 2 rings (SSSR count). The predicted molar refractivity (Wildman–Crippen MR) is 82.4 cm³/mol. The lowest BCUT2D eigenvalue weighted by Gasteiger charge is -2.36. The topological polar surface area (TPSA) is 55.8 Å². The minimum absolute atomic E-state index is 0.247. The third-order valence-electron chi connectivity index (χ3n) is 4.11. The number of piperidine rings is 1. The number of nitrogens with zero attached hydrogens (tertiary/aromatic N) is 1. The normalized spacial score (nSPS) is 21.7. The minimum Gasteiger partial charge on any atom is -0.469 e. The third kappa shape index (κ3) is 4.20. The summed E-state index contributed by atoms with van der Waals surface area (Å²) >= 11 is 5.75. The quantitative estimate of drug-likeness (QED) is 0.786. The highest BCUT2D eigenvalue weighted by molar-refractivity contribution is 6.30. The van der Waals surface area contributed by atoms with E-state index in [1.807, 2.05) is 4.90 Å². The summed E-state index contributed by atoms with van der Waals surface area (Å²) in [5, 5.41) is 0.320. The summed E-state index contributed by atoms with van der Waals surface area (Å²) in [7, 11) is 2.62. The molecule has 1 aromatic carbocycles. The molecule has 0 unspecified atom stereocenters. The van der Waals surface area contributed by atoms with E-state index < -0.39 is 17.8 Å². The Balaban J connectivity index is 2.16. The molecular weight excluding hydrogens is 325 g/mol. The van der Waals surface area contributed by atoms with E-state index >= 15 is 0 Å². The van der Waals surface area contributed by atoms with Gasteiger partial charge in [0.15, 0.2) is 0 Å². The fraction of sp³-hybridized carbons (Fsp3) is 0.500. The first-order valence-corrected chi connectivity index (χ1v) is 7.67. The molecule has 23 heavy (non-hydrogen) atoms. The molecule has 1 aromatic rings. The molecule has 126 valence electrons. The van der Waals surface area contributed by atoms with Gasteiger partial charge >= 0.3 is 11.9 Å². The smallest absolute Gasteiger partial charge is 0.323 e. The summed E-state index contributed by atoms with van der Waals surface area (Å²) in [4.78, 5) is 25.6. The second-order valence-corrected chi connectivity index (χ2v) is 5.93. The lowest BCUT2D eigenvalue weighted by molar-refractivity contribution is -0.154. The standard InChI is InChI=1S/C16H19ClFNO4/c1-22-15(20)10-5-6-19(14(7-10)16(21)23-2)9-11-3-4-12(17)8-13(11)18/h3-4,8,10,14H,5-7,9H2,1-2H3/t10-,14-/m0/s1. The van der Waals surface area contributed by atoms with Gasteiger partial charge in [-0.15, -0.1) is 0 Å². The highest BCUT2D eigenvalue weighted by atomic mass is 35.5. The van der Waals surface area contributed by atoms with Crippen LogP contribution in [0, 0.1) is 11.7 Å². The fourth-order valence-electron chi connectivity index (χ4n) is 2.83. The van der Waals surface area contributed by atoms with Crippen LogP contribution < -0.4 is 0 Å². The lowest BCUT2D eigenvalue weighted by atomic mass is 9.90. The summed E-state index contributed by atoms with van der Waals surface area (Å²) in [6.07, 6.45) is 0.851. The van der Waals surface area contributed by atoms with Gasteiger partial charge in [0.25, 0.3) is 0 Å². The molecule has 0 aromatic heterocycles. The van der Waals surface area contributed by atoms with Crippen molar-refractivity contribution in [3.8, 4) is 0 Å². The van der Waals surface area contributed by atoms with Gasteiger partial charge in [-0.05, 0) is 25.0 Å². The van der Waals surface area contributed by atoms with Gasteiger partial charge in [0, 0.05) is 23.7 Å². The van der Waals surface area contributed by atoms with Crippen molar-refractivity contribution in [2.45, 2.75) is 25.4 Å². The molecule has 0 aliphatic carbocycles. The number of carbonyl (C=O) groups excluding carboxylic acids is 2. The van der Waals surface area contributed by atoms with Crippen LogP contribution in [0.2, 0.25) is 5.02 Å². The van der Waals surface area contributed by atoms with Gasteiger partial charge in [-0.25, -0.2) is 4.39 Å². The van der Waals surface area contributed by atoms with E-state index in [0.29, 0.717) is 30.0 Å². The largest absolute Gasteiger partial charge is 0.469 e. The Morgan fingerprint density at radius 1 is 1.30 bits per heavy atom. The summed E-state index contributed by atoms with van der Waals surface area (Å²) in [5.41, 5.74) is 0.444. The Labute approximate surface area is 139 Å². The fourth-order valence-corrected chi connectivity index (χ4v) is 2.99. The van der Waals surface area contributed by atoms with Crippen LogP contribution in [0.4, 0.5) is 4.39 Å². The van der Waals surface area contributed by atoms with E-state index in [1.165, 1.54) is 20.3 Å². The van der Waals surface area contributed by atoms with Gasteiger partial charge in [-0.3, -0.25) is 14.5 Å². The van der Waals surface area contributed by atoms with E-state index in [4.69, 9.17) is 21.1 Å². The molecule has 2 atom stereocenters. The first-order chi connectivity index (χ1) is 11.0. The number of halogens is 2. The van der Waals surface area contributed by atoms with E-state index in [1.54, 1.807) is 12.1 Å². The van der Waals surface area contributed by atoms with Crippen molar-refractivity contribution in [2.24, 2.45) is 5.92 Å². The van der Waals surface area contributed by atoms with Gasteiger partial charge in [0.2, 0.25) is 0 Å². The Bertz CT molecular complexity index is 595. The van der Waals surface area contributed by atoms with Gasteiger partial charge in [0.1, 0.15) is 11.9 Å². The second-order valence-electron chi connectivity index (χ2n) is 5.49. The average Bonchev–Trinajstić information content (AvgIpc) is 2.56. The maximum Gasteiger partial charge on any atom is 0.323 e. The van der Waals surface area contributed by atoms with Crippen LogP contribution in [0.3, 0.4) is 0 Å². The number of rotatable bonds is 4. The van der Waals surface area contributed by atoms with Crippen LogP contribution in [-0.2, 0) is 25.6 Å². The molecule has 1 aliphatic heterocycles. The molecule has 1 fully saturated rings. The van der Waals surface area contributed by atoms with E-state index in [9.17, 15) is 14.0 Å². The number of ether oxygens (including phenoxy) is 2. The summed E-state index contributed by atoms with van der Waals surface area (Å²) in [5.74, 6) is -1.55. The molecule has 0 radical (unpaired) electrons. The summed E-state index contributed by atoms with van der Waals surface area (Å²) in [6.45, 7) is 0.720.